The molecule has 230 valence electrons. The fraction of sp³-hybridized carbons (Fsp3) is 0.324. The topological polar surface area (TPSA) is 136 Å². The summed E-state index contributed by atoms with van der Waals surface area (Å²) in [5, 5.41) is 29.1. The number of hydrogen-bond acceptors (Lipinski definition) is 7. The molecule has 0 unspecified atom stereocenters. The third-order valence-corrected chi connectivity index (χ3v) is 9.24. The van der Waals surface area contributed by atoms with Crippen molar-refractivity contribution in [1.82, 2.24) is 10.2 Å². The molecule has 0 radical (unpaired) electrons. The molecular weight excluding hydrogens is 580 g/mol. The fourth-order valence-electron chi connectivity index (χ4n) is 5.68. The van der Waals surface area contributed by atoms with Gasteiger partial charge in [-0.05, 0) is 121 Å². The lowest BCUT2D eigenvalue weighted by atomic mass is 9.96. The molecule has 0 aliphatic carbocycles. The Bertz CT molecular complexity index is 1650. The van der Waals surface area contributed by atoms with E-state index in [1.807, 2.05) is 24.3 Å². The van der Waals surface area contributed by atoms with Crippen molar-refractivity contribution in [3.05, 3.63) is 82.9 Å². The molecule has 2 fully saturated rings. The monoisotopic (exact) mass is 616 g/mol. The highest BCUT2D eigenvalue weighted by Gasteiger charge is 2.21. The average Bonchev–Trinajstić information content (AvgIpc) is 3.75. The molecule has 1 amide bonds. The third kappa shape index (κ3) is 7.75. The molecule has 2 aliphatic heterocycles. The van der Waals surface area contributed by atoms with Gasteiger partial charge in [0, 0.05) is 22.5 Å². The van der Waals surface area contributed by atoms with Gasteiger partial charge in [-0.25, -0.2) is 9.59 Å². The van der Waals surface area contributed by atoms with Crippen LogP contribution in [0.3, 0.4) is 0 Å². The highest BCUT2D eigenvalue weighted by Crippen LogP contribution is 2.41. The first-order chi connectivity index (χ1) is 21.2. The number of rotatable bonds is 8. The number of aliphatic carboxylic acids is 2. The number of aryl methyl sites for hydroxylation is 1. The number of amides is 1. The number of phenols is 1. The van der Waals surface area contributed by atoms with E-state index in [0.29, 0.717) is 18.8 Å². The molecular formula is C34H36N2O7S. The first kappa shape index (κ1) is 31.0. The van der Waals surface area contributed by atoms with Crippen LogP contribution in [-0.4, -0.2) is 63.8 Å². The zero-order valence-electron chi connectivity index (χ0n) is 24.5. The van der Waals surface area contributed by atoms with Crippen molar-refractivity contribution >= 4 is 39.3 Å². The van der Waals surface area contributed by atoms with Crippen molar-refractivity contribution in [2.45, 2.75) is 51.6 Å². The predicted octanol–water partition coefficient (Wildman–Crippen LogP) is 5.58. The van der Waals surface area contributed by atoms with Crippen LogP contribution >= 0.6 is 11.3 Å². The zero-order valence-corrected chi connectivity index (χ0v) is 25.4. The number of nitrogens with zero attached hydrogens (tertiary/aromatic N) is 1. The molecule has 1 atom stereocenters. The largest absolute Gasteiger partial charge is 0.508 e. The molecule has 2 saturated heterocycles. The van der Waals surface area contributed by atoms with E-state index in [2.05, 4.69) is 47.5 Å². The Kier molecular flexibility index (Phi) is 9.82. The van der Waals surface area contributed by atoms with Gasteiger partial charge >= 0.3 is 11.9 Å². The molecule has 6 rings (SSSR count). The van der Waals surface area contributed by atoms with E-state index in [-0.39, 0.29) is 11.9 Å². The lowest BCUT2D eigenvalue weighted by molar-refractivity contribution is -0.159. The highest BCUT2D eigenvalue weighted by molar-refractivity contribution is 7.22. The minimum Gasteiger partial charge on any atom is -0.508 e. The summed E-state index contributed by atoms with van der Waals surface area (Å²) in [6.45, 7) is 6.18. The van der Waals surface area contributed by atoms with Gasteiger partial charge in [0.05, 0.1) is 6.04 Å². The Morgan fingerprint density at radius 3 is 2.36 bits per heavy atom. The average molecular weight is 617 g/mol. The maximum Gasteiger partial charge on any atom is 0.414 e. The van der Waals surface area contributed by atoms with E-state index in [1.54, 1.807) is 17.4 Å². The molecule has 0 spiro atoms. The van der Waals surface area contributed by atoms with Crippen LogP contribution in [0.25, 0.3) is 20.5 Å². The van der Waals surface area contributed by atoms with Crippen LogP contribution < -0.4 is 10.1 Å². The van der Waals surface area contributed by atoms with Gasteiger partial charge < -0.3 is 25.4 Å². The number of carbonyl (C=O) groups excluding carboxylic acids is 1. The normalized spacial score (nSPS) is 16.4. The number of carboxylic acid groups (broad SMARTS) is 2. The number of fused-ring (bicyclic) bond motifs is 1. The minimum absolute atomic E-state index is 0.0919. The van der Waals surface area contributed by atoms with Crippen LogP contribution in [0.4, 0.5) is 0 Å². The summed E-state index contributed by atoms with van der Waals surface area (Å²) >= 11 is 1.72. The van der Waals surface area contributed by atoms with Gasteiger partial charge in [-0.3, -0.25) is 9.69 Å². The second-order valence-electron chi connectivity index (χ2n) is 11.3. The van der Waals surface area contributed by atoms with E-state index in [0.717, 1.165) is 35.4 Å². The Hall–Kier alpha value is -4.41. The maximum absolute atomic E-state index is 11.4. The van der Waals surface area contributed by atoms with E-state index in [1.165, 1.54) is 58.4 Å². The van der Waals surface area contributed by atoms with Crippen LogP contribution in [0.15, 0.2) is 60.7 Å². The van der Waals surface area contributed by atoms with Crippen molar-refractivity contribution in [2.75, 3.05) is 19.7 Å². The van der Waals surface area contributed by atoms with E-state index in [4.69, 9.17) is 24.5 Å². The SMILES string of the molecule is Cc1cc(Cc2c(-c3ccc(OC[C@@H]4CCC(=O)N4)cc3)sc3cc(O)ccc23)ccc1CN1CCCC1.O=C(O)C(=O)O. The summed E-state index contributed by atoms with van der Waals surface area (Å²) in [4.78, 5) is 33.4. The molecule has 44 heavy (non-hydrogen) atoms. The van der Waals surface area contributed by atoms with Crippen molar-refractivity contribution in [2.24, 2.45) is 0 Å². The van der Waals surface area contributed by atoms with Gasteiger partial charge in [-0.15, -0.1) is 11.3 Å². The number of phenolic OH excluding ortho intramolecular Hbond substituents is 1. The quantitative estimate of drug-likeness (QED) is 0.188. The van der Waals surface area contributed by atoms with Crippen molar-refractivity contribution < 1.29 is 34.4 Å². The van der Waals surface area contributed by atoms with Gasteiger partial charge in [0.1, 0.15) is 18.1 Å². The molecule has 0 saturated carbocycles. The molecule has 4 aromatic rings. The number of carbonyl (C=O) groups is 3. The molecule has 1 aromatic heterocycles. The molecule has 10 heteroatoms. The van der Waals surface area contributed by atoms with Crippen LogP contribution in [-0.2, 0) is 27.3 Å². The second kappa shape index (κ2) is 13.9. The lowest BCUT2D eigenvalue weighted by Crippen LogP contribution is -2.30. The van der Waals surface area contributed by atoms with Crippen LogP contribution in [0, 0.1) is 6.92 Å². The summed E-state index contributed by atoms with van der Waals surface area (Å²) in [5.74, 6) is -2.44. The molecule has 3 aromatic carbocycles. The summed E-state index contributed by atoms with van der Waals surface area (Å²) in [5.41, 5.74) is 6.51. The van der Waals surface area contributed by atoms with E-state index < -0.39 is 11.9 Å². The smallest absolute Gasteiger partial charge is 0.414 e. The van der Waals surface area contributed by atoms with Gasteiger partial charge in [-0.1, -0.05) is 18.2 Å². The van der Waals surface area contributed by atoms with Crippen LogP contribution in [0.2, 0.25) is 0 Å². The van der Waals surface area contributed by atoms with Crippen molar-refractivity contribution in [3.63, 3.8) is 0 Å². The van der Waals surface area contributed by atoms with Gasteiger partial charge in [-0.2, -0.15) is 0 Å². The predicted molar refractivity (Wildman–Crippen MR) is 169 cm³/mol. The van der Waals surface area contributed by atoms with Crippen LogP contribution in [0.1, 0.15) is 47.9 Å². The molecule has 9 nitrogen and oxygen atoms in total. The molecule has 4 N–H and O–H groups in total. The number of likely N-dealkylation sites (tertiary alicyclic amines) is 1. The first-order valence-electron chi connectivity index (χ1n) is 14.7. The molecule has 3 heterocycles. The Balaban J connectivity index is 0.000000584. The summed E-state index contributed by atoms with van der Waals surface area (Å²) in [7, 11) is 0. The number of aromatic hydroxyl groups is 1. The van der Waals surface area contributed by atoms with E-state index in [9.17, 15) is 9.90 Å². The summed E-state index contributed by atoms with van der Waals surface area (Å²) < 4.78 is 7.05. The summed E-state index contributed by atoms with van der Waals surface area (Å²) in [6, 6.07) is 21.0. The van der Waals surface area contributed by atoms with Gasteiger partial charge in [0.25, 0.3) is 0 Å². The molecule has 2 aliphatic rings. The number of benzene rings is 3. The zero-order chi connectivity index (χ0) is 31.2. The number of carboxylic acids is 2. The fourth-order valence-corrected chi connectivity index (χ4v) is 6.94. The summed E-state index contributed by atoms with van der Waals surface area (Å²) in [6.07, 6.45) is 4.87. The molecule has 0 bridgehead atoms. The Morgan fingerprint density at radius 1 is 1.00 bits per heavy atom. The van der Waals surface area contributed by atoms with Crippen LogP contribution in [0.5, 0.6) is 11.5 Å². The van der Waals surface area contributed by atoms with Gasteiger partial charge in [0.2, 0.25) is 5.91 Å². The number of nitrogens with one attached hydrogen (secondary N) is 1. The Labute approximate surface area is 259 Å². The van der Waals surface area contributed by atoms with Crippen molar-refractivity contribution in [3.8, 4) is 21.9 Å². The standard InChI is InChI=1S/C32H34N2O3S.C2H2O4/c1-21-16-22(4-5-24(21)19-34-14-2-3-15-34)17-29-28-12-9-26(35)18-30(28)38-32(29)23-6-10-27(11-7-23)37-20-25-8-13-31(36)33-25;3-1(4)2(5)6/h4-7,9-12,16,18,25,35H,2-3,8,13-15,17,19-20H2,1H3,(H,33,36);(H,3,4)(H,5,6)/t25-;/m0./s1. The first-order valence-corrected chi connectivity index (χ1v) is 15.5. The van der Waals surface area contributed by atoms with Crippen molar-refractivity contribution in [1.29, 1.82) is 0 Å². The number of hydrogen-bond donors (Lipinski definition) is 4. The maximum atomic E-state index is 11.4. The lowest BCUT2D eigenvalue weighted by Gasteiger charge is -2.17. The number of ether oxygens (including phenoxy) is 1. The number of thiophene rings is 1. The third-order valence-electron chi connectivity index (χ3n) is 7.99. The second-order valence-corrected chi connectivity index (χ2v) is 12.3. The van der Waals surface area contributed by atoms with E-state index >= 15 is 0 Å². The van der Waals surface area contributed by atoms with Gasteiger partial charge in [0.15, 0.2) is 0 Å². The minimum atomic E-state index is -1.82. The highest BCUT2D eigenvalue weighted by atomic mass is 32.1. The Morgan fingerprint density at radius 2 is 1.73 bits per heavy atom.